The minimum atomic E-state index is -0.854. The maximum Gasteiger partial charge on any atom is 0.315 e. The highest BCUT2D eigenvalue weighted by molar-refractivity contribution is 7.09. The van der Waals surface area contributed by atoms with Crippen LogP contribution in [-0.2, 0) is 12.0 Å². The summed E-state index contributed by atoms with van der Waals surface area (Å²) in [5.74, 6) is 0.426. The molecule has 0 aliphatic rings. The molecule has 2 aromatic heterocycles. The maximum absolute atomic E-state index is 11.7. The average molecular weight is 323 g/mol. The van der Waals surface area contributed by atoms with Crippen molar-refractivity contribution < 1.29 is 14.3 Å². The standard InChI is InChI=1S/C15H21N3O3S/c1-15(2,3)13-18-10(9-22-13)7-16-14(20)17-8-11(19)12-5-4-6-21-12/h4-6,9,11,19H,7-8H2,1-3H3,(H2,16,17,20). The fourth-order valence-corrected chi connectivity index (χ4v) is 2.64. The molecule has 6 nitrogen and oxygen atoms in total. The van der Waals surface area contributed by atoms with Gasteiger partial charge in [-0.1, -0.05) is 20.8 Å². The number of aliphatic hydroxyl groups is 1. The molecule has 22 heavy (non-hydrogen) atoms. The molecule has 7 heteroatoms. The molecule has 1 unspecified atom stereocenters. The Morgan fingerprint density at radius 3 is 2.82 bits per heavy atom. The van der Waals surface area contributed by atoms with Crippen LogP contribution in [0.3, 0.4) is 0 Å². The Balaban J connectivity index is 1.75. The molecule has 0 saturated carbocycles. The van der Waals surface area contributed by atoms with Crippen molar-refractivity contribution in [1.82, 2.24) is 15.6 Å². The highest BCUT2D eigenvalue weighted by Gasteiger charge is 2.18. The number of carbonyl (C=O) groups is 1. The van der Waals surface area contributed by atoms with Crippen LogP contribution in [-0.4, -0.2) is 22.7 Å². The van der Waals surface area contributed by atoms with Gasteiger partial charge in [0.1, 0.15) is 11.9 Å². The van der Waals surface area contributed by atoms with Gasteiger partial charge in [0.25, 0.3) is 0 Å². The van der Waals surface area contributed by atoms with Gasteiger partial charge in [-0.3, -0.25) is 0 Å². The van der Waals surface area contributed by atoms with Crippen molar-refractivity contribution in [2.75, 3.05) is 6.54 Å². The van der Waals surface area contributed by atoms with Gasteiger partial charge in [-0.2, -0.15) is 0 Å². The lowest BCUT2D eigenvalue weighted by Gasteiger charge is -2.13. The lowest BCUT2D eigenvalue weighted by Crippen LogP contribution is -2.37. The molecule has 0 aliphatic heterocycles. The van der Waals surface area contributed by atoms with Gasteiger partial charge in [-0.05, 0) is 12.1 Å². The third kappa shape index (κ3) is 4.57. The third-order valence-electron chi connectivity index (χ3n) is 2.95. The highest BCUT2D eigenvalue weighted by atomic mass is 32.1. The van der Waals surface area contributed by atoms with Crippen molar-refractivity contribution in [1.29, 1.82) is 0 Å². The zero-order valence-corrected chi connectivity index (χ0v) is 13.7. The van der Waals surface area contributed by atoms with Crippen LogP contribution in [0.5, 0.6) is 0 Å². The number of aliphatic hydroxyl groups excluding tert-OH is 1. The van der Waals surface area contributed by atoms with Crippen molar-refractivity contribution in [2.24, 2.45) is 0 Å². The molecular weight excluding hydrogens is 302 g/mol. The Bertz CT molecular complexity index is 602. The van der Waals surface area contributed by atoms with Gasteiger partial charge in [0, 0.05) is 10.8 Å². The molecule has 0 aliphatic carbocycles. The second kappa shape index (κ2) is 6.93. The number of thiazole rings is 1. The van der Waals surface area contributed by atoms with Crippen molar-refractivity contribution >= 4 is 17.4 Å². The number of hydrogen-bond donors (Lipinski definition) is 3. The zero-order valence-electron chi connectivity index (χ0n) is 12.9. The molecule has 0 spiro atoms. The predicted molar refractivity (Wildman–Crippen MR) is 84.7 cm³/mol. The topological polar surface area (TPSA) is 87.4 Å². The Kier molecular flexibility index (Phi) is 5.20. The number of aromatic nitrogens is 1. The van der Waals surface area contributed by atoms with Gasteiger partial charge in [0.15, 0.2) is 0 Å². The highest BCUT2D eigenvalue weighted by Crippen LogP contribution is 2.25. The summed E-state index contributed by atoms with van der Waals surface area (Å²) < 4.78 is 5.06. The van der Waals surface area contributed by atoms with Crippen LogP contribution in [0.25, 0.3) is 0 Å². The van der Waals surface area contributed by atoms with Crippen LogP contribution in [0.15, 0.2) is 28.2 Å². The molecule has 1 atom stereocenters. The molecule has 120 valence electrons. The van der Waals surface area contributed by atoms with Gasteiger partial charge in [0.05, 0.1) is 30.1 Å². The number of nitrogens with one attached hydrogen (secondary N) is 2. The van der Waals surface area contributed by atoms with E-state index in [2.05, 4.69) is 36.4 Å². The Labute approximate surface area is 133 Å². The van der Waals surface area contributed by atoms with Gasteiger partial charge >= 0.3 is 6.03 Å². The minimum absolute atomic E-state index is 0.0122. The number of rotatable bonds is 5. The fraction of sp³-hybridized carbons (Fsp3) is 0.467. The molecule has 0 saturated heterocycles. The average Bonchev–Trinajstić information content (AvgIpc) is 3.12. The van der Waals surface area contributed by atoms with E-state index in [0.29, 0.717) is 12.3 Å². The van der Waals surface area contributed by atoms with E-state index in [1.165, 1.54) is 6.26 Å². The van der Waals surface area contributed by atoms with E-state index in [-0.39, 0.29) is 18.0 Å². The summed E-state index contributed by atoms with van der Waals surface area (Å²) in [5, 5.41) is 18.1. The fourth-order valence-electron chi connectivity index (χ4n) is 1.74. The van der Waals surface area contributed by atoms with Crippen molar-refractivity contribution in [3.8, 4) is 0 Å². The summed E-state index contributed by atoms with van der Waals surface area (Å²) in [6, 6.07) is 3.00. The summed E-state index contributed by atoms with van der Waals surface area (Å²) in [7, 11) is 0. The molecular formula is C15H21N3O3S. The smallest absolute Gasteiger partial charge is 0.315 e. The number of carbonyl (C=O) groups excluding carboxylic acids is 1. The van der Waals surface area contributed by atoms with E-state index in [1.807, 2.05) is 5.38 Å². The molecule has 0 radical (unpaired) electrons. The van der Waals surface area contributed by atoms with E-state index >= 15 is 0 Å². The second-order valence-corrected chi connectivity index (χ2v) is 6.85. The van der Waals surface area contributed by atoms with Crippen molar-refractivity contribution in [2.45, 2.75) is 38.8 Å². The van der Waals surface area contributed by atoms with Crippen LogP contribution in [0.1, 0.15) is 43.3 Å². The van der Waals surface area contributed by atoms with Crippen LogP contribution in [0.2, 0.25) is 0 Å². The summed E-state index contributed by atoms with van der Waals surface area (Å²) in [6.07, 6.45) is 0.626. The van der Waals surface area contributed by atoms with Gasteiger partial charge in [0.2, 0.25) is 0 Å². The number of nitrogens with zero attached hydrogens (tertiary/aromatic N) is 1. The van der Waals surface area contributed by atoms with Crippen LogP contribution in [0.4, 0.5) is 4.79 Å². The first kappa shape index (κ1) is 16.5. The first-order valence-corrected chi connectivity index (χ1v) is 7.92. The number of furan rings is 1. The SMILES string of the molecule is CC(C)(C)c1nc(CNC(=O)NCC(O)c2ccco2)cs1. The summed E-state index contributed by atoms with van der Waals surface area (Å²) in [5.41, 5.74) is 0.842. The van der Waals surface area contributed by atoms with Crippen LogP contribution < -0.4 is 10.6 Å². The quantitative estimate of drug-likeness (QED) is 0.789. The lowest BCUT2D eigenvalue weighted by molar-refractivity contribution is 0.148. The summed E-state index contributed by atoms with van der Waals surface area (Å²) in [4.78, 5) is 16.2. The van der Waals surface area contributed by atoms with E-state index < -0.39 is 6.10 Å². The van der Waals surface area contributed by atoms with Crippen molar-refractivity contribution in [3.63, 3.8) is 0 Å². The van der Waals surface area contributed by atoms with E-state index in [0.717, 1.165) is 10.7 Å². The lowest BCUT2D eigenvalue weighted by atomic mass is 9.98. The van der Waals surface area contributed by atoms with Gasteiger partial charge in [-0.15, -0.1) is 11.3 Å². The molecule has 2 amide bonds. The molecule has 2 rings (SSSR count). The van der Waals surface area contributed by atoms with Gasteiger partial charge in [-0.25, -0.2) is 9.78 Å². The van der Waals surface area contributed by atoms with E-state index in [4.69, 9.17) is 4.42 Å². The van der Waals surface area contributed by atoms with Crippen molar-refractivity contribution in [3.05, 3.63) is 40.2 Å². The number of amides is 2. The first-order valence-electron chi connectivity index (χ1n) is 7.04. The molecule has 2 aromatic rings. The second-order valence-electron chi connectivity index (χ2n) is 5.99. The third-order valence-corrected chi connectivity index (χ3v) is 4.27. The predicted octanol–water partition coefficient (Wildman–Crippen LogP) is 2.57. The summed E-state index contributed by atoms with van der Waals surface area (Å²) in [6.45, 7) is 6.75. The Hall–Kier alpha value is -1.86. The van der Waals surface area contributed by atoms with Crippen LogP contribution in [0, 0.1) is 0 Å². The number of hydrogen-bond acceptors (Lipinski definition) is 5. The van der Waals surface area contributed by atoms with Crippen LogP contribution >= 0.6 is 11.3 Å². The summed E-state index contributed by atoms with van der Waals surface area (Å²) >= 11 is 1.59. The Morgan fingerprint density at radius 2 is 2.23 bits per heavy atom. The number of urea groups is 1. The van der Waals surface area contributed by atoms with E-state index in [9.17, 15) is 9.90 Å². The Morgan fingerprint density at radius 1 is 1.45 bits per heavy atom. The maximum atomic E-state index is 11.7. The molecule has 2 heterocycles. The van der Waals surface area contributed by atoms with E-state index in [1.54, 1.807) is 23.5 Å². The minimum Gasteiger partial charge on any atom is -0.467 e. The normalized spacial score (nSPS) is 12.9. The molecule has 0 aromatic carbocycles. The van der Waals surface area contributed by atoms with Gasteiger partial charge < -0.3 is 20.2 Å². The zero-order chi connectivity index (χ0) is 16.2. The first-order chi connectivity index (χ1) is 10.4. The monoisotopic (exact) mass is 323 g/mol. The molecule has 0 bridgehead atoms. The molecule has 0 fully saturated rings. The largest absolute Gasteiger partial charge is 0.467 e. The molecule has 3 N–H and O–H groups in total.